The van der Waals surface area contributed by atoms with Crippen molar-refractivity contribution < 1.29 is 26.4 Å². The summed E-state index contributed by atoms with van der Waals surface area (Å²) in [6.45, 7) is 7.93. The van der Waals surface area contributed by atoms with Gasteiger partial charge in [0.1, 0.15) is 11.3 Å². The number of likely N-dealkylation sites (tertiary alicyclic amines) is 1. The fraction of sp³-hybridized carbons (Fsp3) is 0.355. The standard InChI is InChI=1S/C31H35N5O6S2/c1-21-11-13-24(14-12-21)44(40,41)36-28(23-16-19-35(20-17-23)30(37)42-31(2,3)4)26(27(34-36)22-9-7-6-8-10-22)25-15-18-32-29(33-25)43(5,38)39/h6-15,18,23H,16-17,19-20H2,1-5H3. The van der Waals surface area contributed by atoms with Gasteiger partial charge in [-0.2, -0.15) is 17.6 Å². The largest absolute Gasteiger partial charge is 0.444 e. The fourth-order valence-electron chi connectivity index (χ4n) is 5.14. The van der Waals surface area contributed by atoms with Crippen LogP contribution in [0.3, 0.4) is 0 Å². The van der Waals surface area contributed by atoms with Crippen LogP contribution in [0, 0.1) is 6.92 Å². The summed E-state index contributed by atoms with van der Waals surface area (Å²) in [4.78, 5) is 22.8. The summed E-state index contributed by atoms with van der Waals surface area (Å²) in [6, 6.07) is 17.1. The van der Waals surface area contributed by atoms with Gasteiger partial charge in [0.05, 0.1) is 21.8 Å². The summed E-state index contributed by atoms with van der Waals surface area (Å²) in [6.07, 6.45) is 2.76. The van der Waals surface area contributed by atoms with Crippen LogP contribution in [0.2, 0.25) is 0 Å². The molecule has 0 unspecified atom stereocenters. The first kappa shape index (κ1) is 31.3. The lowest BCUT2D eigenvalue weighted by Gasteiger charge is -2.33. The minimum atomic E-state index is -4.21. The molecule has 1 fully saturated rings. The van der Waals surface area contributed by atoms with Crippen molar-refractivity contribution in [3.05, 3.63) is 78.1 Å². The van der Waals surface area contributed by atoms with Gasteiger partial charge in [0.25, 0.3) is 10.0 Å². The van der Waals surface area contributed by atoms with Gasteiger partial charge < -0.3 is 9.64 Å². The van der Waals surface area contributed by atoms with Crippen molar-refractivity contribution in [3.8, 4) is 22.5 Å². The highest BCUT2D eigenvalue weighted by atomic mass is 32.2. The Kier molecular flexibility index (Phi) is 8.38. The Morgan fingerprint density at radius 1 is 0.932 bits per heavy atom. The maximum atomic E-state index is 14.3. The van der Waals surface area contributed by atoms with Gasteiger partial charge in [0, 0.05) is 37.0 Å². The second-order valence-electron chi connectivity index (χ2n) is 11.9. The Balaban J connectivity index is 1.72. The van der Waals surface area contributed by atoms with Crippen LogP contribution in [-0.2, 0) is 24.6 Å². The summed E-state index contributed by atoms with van der Waals surface area (Å²) < 4.78 is 60.1. The highest BCUT2D eigenvalue weighted by Gasteiger charge is 2.36. The molecule has 0 saturated carbocycles. The smallest absolute Gasteiger partial charge is 0.410 e. The number of rotatable bonds is 6. The van der Waals surface area contributed by atoms with E-state index in [1.165, 1.54) is 18.3 Å². The van der Waals surface area contributed by atoms with E-state index >= 15 is 0 Å². The van der Waals surface area contributed by atoms with Crippen molar-refractivity contribution in [1.82, 2.24) is 24.1 Å². The molecule has 1 saturated heterocycles. The van der Waals surface area contributed by atoms with Crippen LogP contribution in [0.5, 0.6) is 0 Å². The highest BCUT2D eigenvalue weighted by molar-refractivity contribution is 7.90. The van der Waals surface area contributed by atoms with Gasteiger partial charge in [0.2, 0.25) is 15.0 Å². The molecule has 0 spiro atoms. The molecule has 1 aliphatic heterocycles. The van der Waals surface area contributed by atoms with E-state index in [-0.39, 0.29) is 21.7 Å². The second kappa shape index (κ2) is 11.8. The number of benzene rings is 2. The number of aromatic nitrogens is 4. The number of sulfone groups is 1. The number of nitrogens with zero attached hydrogens (tertiary/aromatic N) is 5. The summed E-state index contributed by atoms with van der Waals surface area (Å²) in [7, 11) is -7.98. The molecule has 0 N–H and O–H groups in total. The first-order chi connectivity index (χ1) is 20.6. The SMILES string of the molecule is Cc1ccc(S(=O)(=O)n2nc(-c3ccccc3)c(-c3ccnc(S(C)(=O)=O)n3)c2C2CCN(C(=O)OC(C)(C)C)CC2)cc1. The number of ether oxygens (including phenoxy) is 1. The number of hydrogen-bond acceptors (Lipinski definition) is 9. The van der Waals surface area contributed by atoms with Crippen molar-refractivity contribution >= 4 is 26.0 Å². The number of carbonyl (C=O) groups is 1. The first-order valence-corrected chi connectivity index (χ1v) is 17.5. The average molecular weight is 638 g/mol. The van der Waals surface area contributed by atoms with Crippen molar-refractivity contribution in [2.24, 2.45) is 0 Å². The Labute approximate surface area is 257 Å². The van der Waals surface area contributed by atoms with Crippen LogP contribution in [0.4, 0.5) is 4.79 Å². The molecule has 1 amide bonds. The number of piperidine rings is 1. The molecule has 0 atom stereocenters. The zero-order valence-corrected chi connectivity index (χ0v) is 26.9. The van der Waals surface area contributed by atoms with Gasteiger partial charge in [-0.1, -0.05) is 48.0 Å². The summed E-state index contributed by atoms with van der Waals surface area (Å²) in [5.74, 6) is -0.370. The first-order valence-electron chi connectivity index (χ1n) is 14.2. The van der Waals surface area contributed by atoms with Crippen molar-refractivity contribution in [3.63, 3.8) is 0 Å². The van der Waals surface area contributed by atoms with Crippen LogP contribution in [0.15, 0.2) is 76.9 Å². The fourth-order valence-corrected chi connectivity index (χ4v) is 7.02. The third-order valence-corrected chi connectivity index (χ3v) is 9.70. The van der Waals surface area contributed by atoms with E-state index in [2.05, 4.69) is 9.97 Å². The van der Waals surface area contributed by atoms with Gasteiger partial charge >= 0.3 is 6.09 Å². The molecule has 4 aromatic rings. The number of amides is 1. The molecule has 2 aromatic heterocycles. The van der Waals surface area contributed by atoms with E-state index in [0.717, 1.165) is 15.9 Å². The monoisotopic (exact) mass is 637 g/mol. The molecule has 5 rings (SSSR count). The van der Waals surface area contributed by atoms with E-state index in [0.29, 0.717) is 48.4 Å². The van der Waals surface area contributed by atoms with Gasteiger partial charge in [-0.15, -0.1) is 0 Å². The molecule has 13 heteroatoms. The van der Waals surface area contributed by atoms with Gasteiger partial charge in [0.15, 0.2) is 0 Å². The molecule has 0 bridgehead atoms. The second-order valence-corrected chi connectivity index (χ2v) is 15.6. The molecule has 3 heterocycles. The normalized spacial score (nSPS) is 14.9. The highest BCUT2D eigenvalue weighted by Crippen LogP contribution is 2.42. The third kappa shape index (κ3) is 6.53. The topological polar surface area (TPSA) is 141 Å². The predicted octanol–water partition coefficient (Wildman–Crippen LogP) is 5.07. The summed E-state index contributed by atoms with van der Waals surface area (Å²) in [5, 5.41) is 4.33. The number of aryl methyl sites for hydroxylation is 1. The molecule has 2 aromatic carbocycles. The average Bonchev–Trinajstić information content (AvgIpc) is 3.38. The van der Waals surface area contributed by atoms with E-state index in [1.54, 1.807) is 43.9 Å². The quantitative estimate of drug-likeness (QED) is 0.265. The van der Waals surface area contributed by atoms with Crippen LogP contribution in [0.25, 0.3) is 22.5 Å². The lowest BCUT2D eigenvalue weighted by Crippen LogP contribution is -2.41. The molecule has 0 aliphatic carbocycles. The minimum absolute atomic E-state index is 0.0590. The Bertz CT molecular complexity index is 1890. The maximum absolute atomic E-state index is 14.3. The van der Waals surface area contributed by atoms with E-state index in [4.69, 9.17) is 9.84 Å². The van der Waals surface area contributed by atoms with E-state index < -0.39 is 31.6 Å². The van der Waals surface area contributed by atoms with Crippen LogP contribution in [0.1, 0.15) is 50.8 Å². The molecule has 44 heavy (non-hydrogen) atoms. The molecular weight excluding hydrogens is 603 g/mol. The zero-order chi connectivity index (χ0) is 31.9. The van der Waals surface area contributed by atoms with E-state index in [1.807, 2.05) is 37.3 Å². The van der Waals surface area contributed by atoms with Crippen molar-refractivity contribution in [1.29, 1.82) is 0 Å². The molecular formula is C31H35N5O6S2. The zero-order valence-electron chi connectivity index (χ0n) is 25.3. The van der Waals surface area contributed by atoms with E-state index in [9.17, 15) is 21.6 Å². The van der Waals surface area contributed by atoms with Crippen molar-refractivity contribution in [2.75, 3.05) is 19.3 Å². The molecule has 1 aliphatic rings. The van der Waals surface area contributed by atoms with Crippen LogP contribution >= 0.6 is 0 Å². The lowest BCUT2D eigenvalue weighted by atomic mass is 9.89. The lowest BCUT2D eigenvalue weighted by molar-refractivity contribution is 0.0203. The summed E-state index contributed by atoms with van der Waals surface area (Å²) in [5.41, 5.74) is 2.21. The third-order valence-electron chi connectivity index (χ3n) is 7.24. The van der Waals surface area contributed by atoms with Crippen LogP contribution in [-0.4, -0.2) is 71.9 Å². The number of hydrogen-bond donors (Lipinski definition) is 0. The summed E-state index contributed by atoms with van der Waals surface area (Å²) >= 11 is 0. The number of carbonyl (C=O) groups excluding carboxylic acids is 1. The van der Waals surface area contributed by atoms with Crippen molar-refractivity contribution in [2.45, 2.75) is 62.1 Å². The maximum Gasteiger partial charge on any atom is 0.410 e. The molecule has 232 valence electrons. The van der Waals surface area contributed by atoms with Crippen LogP contribution < -0.4 is 0 Å². The Hall–Kier alpha value is -4.10. The Morgan fingerprint density at radius 2 is 1.57 bits per heavy atom. The Morgan fingerprint density at radius 3 is 2.16 bits per heavy atom. The molecule has 0 radical (unpaired) electrons. The van der Waals surface area contributed by atoms with Gasteiger partial charge in [-0.3, -0.25) is 0 Å². The van der Waals surface area contributed by atoms with Gasteiger partial charge in [-0.25, -0.2) is 23.2 Å². The molecule has 11 nitrogen and oxygen atoms in total. The minimum Gasteiger partial charge on any atom is -0.444 e. The predicted molar refractivity (Wildman–Crippen MR) is 165 cm³/mol. The van der Waals surface area contributed by atoms with Gasteiger partial charge in [-0.05, 0) is 58.7 Å².